The van der Waals surface area contributed by atoms with Gasteiger partial charge in [-0.2, -0.15) is 5.10 Å². The molecule has 1 heterocycles. The summed E-state index contributed by atoms with van der Waals surface area (Å²) in [6, 6.07) is 9.20. The van der Waals surface area contributed by atoms with E-state index in [1.807, 2.05) is 36.0 Å². The molecule has 2 N–H and O–H groups in total. The van der Waals surface area contributed by atoms with Crippen molar-refractivity contribution in [1.29, 1.82) is 0 Å². The lowest BCUT2D eigenvalue weighted by atomic mass is 10.1. The molecule has 3 rings (SSSR count). The summed E-state index contributed by atoms with van der Waals surface area (Å²) in [7, 11) is 0. The minimum atomic E-state index is -0.118. The van der Waals surface area contributed by atoms with Gasteiger partial charge in [0.2, 0.25) is 0 Å². The third-order valence-corrected chi connectivity index (χ3v) is 4.14. The number of nitrogens with one attached hydrogen (secondary N) is 2. The molecule has 0 amide bonds. The first-order valence-corrected chi connectivity index (χ1v) is 8.54. The number of nitrogens with zero attached hydrogens (tertiary/aromatic N) is 3. The average molecular weight is 457 g/mol. The van der Waals surface area contributed by atoms with Gasteiger partial charge in [-0.3, -0.25) is 9.67 Å². The molecule has 7 heteroatoms. The van der Waals surface area contributed by atoms with E-state index < -0.39 is 0 Å². The second-order valence-electron chi connectivity index (χ2n) is 6.00. The maximum absolute atomic E-state index is 13.8. The van der Waals surface area contributed by atoms with Crippen LogP contribution in [0.3, 0.4) is 0 Å². The third kappa shape index (κ3) is 5.69. The van der Waals surface area contributed by atoms with Crippen molar-refractivity contribution in [3.8, 4) is 0 Å². The molecule has 1 aliphatic carbocycles. The summed E-state index contributed by atoms with van der Waals surface area (Å²) in [5.41, 5.74) is 0.796. The minimum absolute atomic E-state index is 0. The first kappa shape index (κ1) is 19.7. The molecule has 0 aliphatic heterocycles. The van der Waals surface area contributed by atoms with Crippen molar-refractivity contribution >= 4 is 29.9 Å². The lowest BCUT2D eigenvalue weighted by Gasteiger charge is -2.11. The molecule has 5 nitrogen and oxygen atoms in total. The van der Waals surface area contributed by atoms with Crippen LogP contribution in [0.25, 0.3) is 0 Å². The fourth-order valence-corrected chi connectivity index (χ4v) is 2.83. The van der Waals surface area contributed by atoms with Gasteiger partial charge in [0.25, 0.3) is 0 Å². The number of aromatic nitrogens is 2. The molecule has 136 valence electrons. The van der Waals surface area contributed by atoms with E-state index in [2.05, 4.69) is 20.7 Å². The van der Waals surface area contributed by atoms with Gasteiger partial charge in [-0.25, -0.2) is 4.39 Å². The topological polar surface area (TPSA) is 54.2 Å². The van der Waals surface area contributed by atoms with Crippen LogP contribution in [0.15, 0.2) is 47.7 Å². The number of guanidine groups is 1. The van der Waals surface area contributed by atoms with E-state index in [4.69, 9.17) is 0 Å². The minimum Gasteiger partial charge on any atom is -0.357 e. The first-order chi connectivity index (χ1) is 11.8. The van der Waals surface area contributed by atoms with Crippen molar-refractivity contribution in [1.82, 2.24) is 20.4 Å². The summed E-state index contributed by atoms with van der Waals surface area (Å²) >= 11 is 0. The van der Waals surface area contributed by atoms with Crippen LogP contribution in [-0.4, -0.2) is 34.9 Å². The zero-order chi connectivity index (χ0) is 16.8. The van der Waals surface area contributed by atoms with Crippen molar-refractivity contribution in [3.05, 3.63) is 54.1 Å². The van der Waals surface area contributed by atoms with Crippen LogP contribution in [0.4, 0.5) is 4.39 Å². The highest BCUT2D eigenvalue weighted by Crippen LogP contribution is 2.41. The summed E-state index contributed by atoms with van der Waals surface area (Å²) in [5, 5.41) is 10.8. The Kier molecular flexibility index (Phi) is 7.67. The number of hydrogen-bond donors (Lipinski definition) is 2. The Hall–Kier alpha value is -1.64. The predicted octanol–water partition coefficient (Wildman–Crippen LogP) is 3.14. The summed E-state index contributed by atoms with van der Waals surface area (Å²) in [5.74, 6) is 0.925. The van der Waals surface area contributed by atoms with Crippen LogP contribution >= 0.6 is 24.0 Å². The van der Waals surface area contributed by atoms with E-state index in [1.165, 1.54) is 6.07 Å². The van der Waals surface area contributed by atoms with Gasteiger partial charge in [-0.1, -0.05) is 18.2 Å². The predicted molar refractivity (Wildman–Crippen MR) is 109 cm³/mol. The number of halogens is 2. The molecule has 2 atom stereocenters. The highest BCUT2D eigenvalue weighted by atomic mass is 127. The quantitative estimate of drug-likeness (QED) is 0.291. The van der Waals surface area contributed by atoms with Crippen LogP contribution in [0, 0.1) is 5.82 Å². The maximum atomic E-state index is 13.8. The van der Waals surface area contributed by atoms with Gasteiger partial charge in [-0.15, -0.1) is 24.0 Å². The molecule has 1 aromatic heterocycles. The zero-order valence-electron chi connectivity index (χ0n) is 14.4. The Balaban J connectivity index is 0.00000225. The van der Waals surface area contributed by atoms with Crippen LogP contribution in [0.1, 0.15) is 31.2 Å². The van der Waals surface area contributed by atoms with Crippen molar-refractivity contribution in [2.45, 2.75) is 38.3 Å². The van der Waals surface area contributed by atoms with Crippen LogP contribution < -0.4 is 10.6 Å². The number of rotatable bonds is 7. The van der Waals surface area contributed by atoms with E-state index in [-0.39, 0.29) is 41.8 Å². The molecule has 25 heavy (non-hydrogen) atoms. The normalized spacial score (nSPS) is 19.2. The third-order valence-electron chi connectivity index (χ3n) is 4.14. The number of aryl methyl sites for hydroxylation is 1. The molecule has 2 aromatic rings. The maximum Gasteiger partial charge on any atom is 0.191 e. The van der Waals surface area contributed by atoms with Crippen LogP contribution in [-0.2, 0) is 6.54 Å². The van der Waals surface area contributed by atoms with Crippen LogP contribution in [0.2, 0.25) is 0 Å². The van der Waals surface area contributed by atoms with Gasteiger partial charge >= 0.3 is 0 Å². The monoisotopic (exact) mass is 457 g/mol. The summed E-state index contributed by atoms with van der Waals surface area (Å²) in [6.07, 6.45) is 5.61. The molecule has 0 saturated heterocycles. The van der Waals surface area contributed by atoms with Gasteiger partial charge in [0.05, 0.1) is 0 Å². The van der Waals surface area contributed by atoms with Crippen molar-refractivity contribution in [2.75, 3.05) is 13.1 Å². The Morgan fingerprint density at radius 2 is 2.20 bits per heavy atom. The molecule has 1 aromatic carbocycles. The SMILES string of the molecule is CCNC(=NCCCn1cccn1)NC1CC1c1ccccc1F.I. The van der Waals surface area contributed by atoms with Crippen LogP contribution in [0.5, 0.6) is 0 Å². The van der Waals surface area contributed by atoms with Crippen molar-refractivity contribution < 1.29 is 4.39 Å². The van der Waals surface area contributed by atoms with Crippen molar-refractivity contribution in [3.63, 3.8) is 0 Å². The molecule has 0 radical (unpaired) electrons. The fourth-order valence-electron chi connectivity index (χ4n) is 2.83. The first-order valence-electron chi connectivity index (χ1n) is 8.54. The second-order valence-corrected chi connectivity index (χ2v) is 6.00. The van der Waals surface area contributed by atoms with E-state index in [9.17, 15) is 4.39 Å². The highest BCUT2D eigenvalue weighted by molar-refractivity contribution is 14.0. The lowest BCUT2D eigenvalue weighted by Crippen LogP contribution is -2.39. The molecular formula is C18H25FIN5. The standard InChI is InChI=1S/C18H24FN5.HI/c1-2-20-18(21-9-5-11-24-12-6-10-22-24)23-17-13-15(17)14-7-3-4-8-16(14)19;/h3-4,6-8,10,12,15,17H,2,5,9,11,13H2,1H3,(H2,20,21,23);1H. The molecule has 2 unspecified atom stereocenters. The Bertz CT molecular complexity index is 674. The summed E-state index contributed by atoms with van der Waals surface area (Å²) < 4.78 is 15.7. The number of benzene rings is 1. The van der Waals surface area contributed by atoms with Gasteiger partial charge < -0.3 is 10.6 Å². The lowest BCUT2D eigenvalue weighted by molar-refractivity contribution is 0.583. The average Bonchev–Trinajstić information content (AvgIpc) is 3.13. The fraction of sp³-hybridized carbons (Fsp3) is 0.444. The second kappa shape index (κ2) is 9.74. The zero-order valence-corrected chi connectivity index (χ0v) is 16.7. The van der Waals surface area contributed by atoms with E-state index in [0.717, 1.165) is 44.0 Å². The van der Waals surface area contributed by atoms with Gasteiger partial charge in [0, 0.05) is 44.0 Å². The Morgan fingerprint density at radius 1 is 1.36 bits per heavy atom. The summed E-state index contributed by atoms with van der Waals surface area (Å²) in [4.78, 5) is 4.60. The Labute approximate surface area is 165 Å². The van der Waals surface area contributed by atoms with Gasteiger partial charge in [0.1, 0.15) is 5.82 Å². The summed E-state index contributed by atoms with van der Waals surface area (Å²) in [6.45, 7) is 4.44. The number of aliphatic imine (C=N–C) groups is 1. The van der Waals surface area contributed by atoms with E-state index >= 15 is 0 Å². The molecule has 1 aliphatic rings. The van der Waals surface area contributed by atoms with Gasteiger partial charge in [-0.05, 0) is 37.5 Å². The molecule has 0 spiro atoms. The highest BCUT2D eigenvalue weighted by Gasteiger charge is 2.40. The Morgan fingerprint density at radius 3 is 2.92 bits per heavy atom. The number of hydrogen-bond acceptors (Lipinski definition) is 2. The van der Waals surface area contributed by atoms with Crippen molar-refractivity contribution in [2.24, 2.45) is 4.99 Å². The van der Waals surface area contributed by atoms with E-state index in [0.29, 0.717) is 0 Å². The molecule has 0 bridgehead atoms. The van der Waals surface area contributed by atoms with E-state index in [1.54, 1.807) is 12.3 Å². The smallest absolute Gasteiger partial charge is 0.191 e. The largest absolute Gasteiger partial charge is 0.357 e. The molecule has 1 saturated carbocycles. The molecular weight excluding hydrogens is 432 g/mol. The molecule has 1 fully saturated rings. The van der Waals surface area contributed by atoms with Gasteiger partial charge in [0.15, 0.2) is 5.96 Å².